The van der Waals surface area contributed by atoms with Crippen molar-refractivity contribution in [3.05, 3.63) is 39.3 Å². The topological polar surface area (TPSA) is 153 Å². The van der Waals surface area contributed by atoms with Gasteiger partial charge in [0.05, 0.1) is 24.2 Å². The smallest absolute Gasteiger partial charge is 0.360 e. The van der Waals surface area contributed by atoms with Gasteiger partial charge in [-0.05, 0) is 37.1 Å². The summed E-state index contributed by atoms with van der Waals surface area (Å²) in [7, 11) is 0. The molecule has 0 aliphatic heterocycles. The third-order valence-electron chi connectivity index (χ3n) is 4.11. The van der Waals surface area contributed by atoms with Gasteiger partial charge in [0.25, 0.3) is 5.56 Å². The molecule has 3 unspecified atom stereocenters. The van der Waals surface area contributed by atoms with Gasteiger partial charge < -0.3 is 30.1 Å². The number of hydrogen-bond acceptors (Lipinski definition) is 7. The number of aromatic carboxylic acids is 1. The highest BCUT2D eigenvalue weighted by Crippen LogP contribution is 2.18. The Balaban J connectivity index is 2.64. The number of benzene rings is 1. The zero-order valence-electron chi connectivity index (χ0n) is 13.7. The lowest BCUT2D eigenvalue weighted by Crippen LogP contribution is -2.43. The predicted molar refractivity (Wildman–Crippen MR) is 87.5 cm³/mol. The van der Waals surface area contributed by atoms with Crippen molar-refractivity contribution >= 4 is 17.0 Å². The first kappa shape index (κ1) is 19.0. The molecule has 2 rings (SSSR count). The number of aliphatic hydroxyl groups excluding tert-OH is 4. The maximum atomic E-state index is 12.4. The molecule has 0 aliphatic rings. The maximum absolute atomic E-state index is 12.4. The van der Waals surface area contributed by atoms with Gasteiger partial charge in [-0.15, -0.1) is 0 Å². The quantitative estimate of drug-likeness (QED) is 0.434. The fourth-order valence-electron chi connectivity index (χ4n) is 2.48. The van der Waals surface area contributed by atoms with E-state index in [1.54, 1.807) is 19.1 Å². The number of rotatable bonds is 6. The molecule has 5 N–H and O–H groups in total. The van der Waals surface area contributed by atoms with Gasteiger partial charge in [0.2, 0.25) is 5.69 Å². The van der Waals surface area contributed by atoms with Gasteiger partial charge >= 0.3 is 5.97 Å². The van der Waals surface area contributed by atoms with Crippen LogP contribution < -0.4 is 5.56 Å². The largest absolute Gasteiger partial charge is 0.476 e. The molecule has 0 spiro atoms. The van der Waals surface area contributed by atoms with E-state index in [9.17, 15) is 30.0 Å². The van der Waals surface area contributed by atoms with Crippen LogP contribution in [0.15, 0.2) is 16.9 Å². The molecular formula is C16H20N2O7. The second-order valence-corrected chi connectivity index (χ2v) is 5.91. The first-order valence-corrected chi connectivity index (χ1v) is 7.57. The molecular weight excluding hydrogens is 332 g/mol. The summed E-state index contributed by atoms with van der Waals surface area (Å²) in [6, 6.07) is 3.25. The number of carboxylic acid groups (broad SMARTS) is 1. The Kier molecular flexibility index (Phi) is 5.53. The number of aryl methyl sites for hydroxylation is 2. The van der Waals surface area contributed by atoms with Gasteiger partial charge in [-0.25, -0.2) is 9.78 Å². The Morgan fingerprint density at radius 2 is 1.76 bits per heavy atom. The molecule has 1 aromatic carbocycles. The zero-order valence-corrected chi connectivity index (χ0v) is 13.7. The van der Waals surface area contributed by atoms with E-state index in [2.05, 4.69) is 4.98 Å². The van der Waals surface area contributed by atoms with Gasteiger partial charge in [-0.1, -0.05) is 0 Å². The molecule has 0 saturated carbocycles. The summed E-state index contributed by atoms with van der Waals surface area (Å²) in [6.07, 6.45) is -4.91. The van der Waals surface area contributed by atoms with Gasteiger partial charge in [0, 0.05) is 0 Å². The Morgan fingerprint density at radius 3 is 2.32 bits per heavy atom. The van der Waals surface area contributed by atoms with Crippen LogP contribution in [0.5, 0.6) is 0 Å². The number of aliphatic hydroxyl groups is 4. The minimum absolute atomic E-state index is 0.254. The minimum atomic E-state index is -1.71. The van der Waals surface area contributed by atoms with E-state index < -0.39 is 48.7 Å². The first-order valence-electron chi connectivity index (χ1n) is 7.57. The molecule has 25 heavy (non-hydrogen) atoms. The highest BCUT2D eigenvalue weighted by atomic mass is 16.4. The third-order valence-corrected chi connectivity index (χ3v) is 4.11. The average Bonchev–Trinajstić information content (AvgIpc) is 2.57. The predicted octanol–water partition coefficient (Wildman–Crippen LogP) is -1.21. The van der Waals surface area contributed by atoms with E-state index in [0.717, 1.165) is 15.7 Å². The van der Waals surface area contributed by atoms with E-state index in [-0.39, 0.29) is 5.52 Å². The van der Waals surface area contributed by atoms with Crippen LogP contribution in [0, 0.1) is 13.8 Å². The van der Waals surface area contributed by atoms with Crippen molar-refractivity contribution in [3.8, 4) is 0 Å². The average molecular weight is 352 g/mol. The summed E-state index contributed by atoms with van der Waals surface area (Å²) in [5.41, 5.74) is 0.578. The minimum Gasteiger partial charge on any atom is -0.476 e. The van der Waals surface area contributed by atoms with E-state index in [0.29, 0.717) is 5.52 Å². The Morgan fingerprint density at radius 1 is 1.16 bits per heavy atom. The molecule has 0 saturated heterocycles. The number of aromatic nitrogens is 2. The molecule has 0 fully saturated rings. The van der Waals surface area contributed by atoms with Crippen LogP contribution in [0.1, 0.15) is 21.6 Å². The van der Waals surface area contributed by atoms with Crippen LogP contribution in [0.3, 0.4) is 0 Å². The van der Waals surface area contributed by atoms with Crippen molar-refractivity contribution in [2.24, 2.45) is 0 Å². The summed E-state index contributed by atoms with van der Waals surface area (Å²) in [6.45, 7) is 2.36. The molecule has 1 heterocycles. The summed E-state index contributed by atoms with van der Waals surface area (Å²) >= 11 is 0. The number of carboxylic acids is 1. The van der Waals surface area contributed by atoms with E-state index in [4.69, 9.17) is 5.11 Å². The van der Waals surface area contributed by atoms with Gasteiger partial charge in [-0.2, -0.15) is 0 Å². The molecule has 3 atom stereocenters. The molecule has 0 amide bonds. The van der Waals surface area contributed by atoms with Crippen LogP contribution in [0.25, 0.3) is 11.0 Å². The fourth-order valence-corrected chi connectivity index (χ4v) is 2.48. The van der Waals surface area contributed by atoms with Gasteiger partial charge in [-0.3, -0.25) is 4.79 Å². The fraction of sp³-hybridized carbons (Fsp3) is 0.438. The molecule has 0 radical (unpaired) electrons. The summed E-state index contributed by atoms with van der Waals surface area (Å²) < 4.78 is 0.996. The van der Waals surface area contributed by atoms with Crippen molar-refractivity contribution < 1.29 is 30.3 Å². The van der Waals surface area contributed by atoms with E-state index >= 15 is 0 Å². The number of carbonyl (C=O) groups is 1. The van der Waals surface area contributed by atoms with Crippen molar-refractivity contribution in [2.75, 3.05) is 6.61 Å². The molecule has 9 nitrogen and oxygen atoms in total. The van der Waals surface area contributed by atoms with Crippen molar-refractivity contribution in [1.82, 2.24) is 9.55 Å². The van der Waals surface area contributed by atoms with Crippen LogP contribution in [-0.2, 0) is 6.54 Å². The van der Waals surface area contributed by atoms with Crippen LogP contribution in [0.4, 0.5) is 0 Å². The Hall–Kier alpha value is -2.33. The van der Waals surface area contributed by atoms with Gasteiger partial charge in [0.15, 0.2) is 0 Å². The normalized spacial score (nSPS) is 15.1. The van der Waals surface area contributed by atoms with Crippen LogP contribution >= 0.6 is 0 Å². The lowest BCUT2D eigenvalue weighted by Gasteiger charge is -2.23. The first-order chi connectivity index (χ1) is 11.7. The second-order valence-electron chi connectivity index (χ2n) is 5.91. The summed E-state index contributed by atoms with van der Waals surface area (Å²) in [4.78, 5) is 27.6. The summed E-state index contributed by atoms with van der Waals surface area (Å²) in [5, 5.41) is 47.3. The number of nitrogens with zero attached hydrogens (tertiary/aromatic N) is 2. The monoisotopic (exact) mass is 352 g/mol. The second kappa shape index (κ2) is 7.28. The molecule has 9 heteroatoms. The zero-order chi connectivity index (χ0) is 18.9. The number of fused-ring (bicyclic) bond motifs is 1. The lowest BCUT2D eigenvalue weighted by atomic mass is 10.1. The molecule has 0 bridgehead atoms. The van der Waals surface area contributed by atoms with Crippen molar-refractivity contribution in [2.45, 2.75) is 38.7 Å². The van der Waals surface area contributed by atoms with E-state index in [1.165, 1.54) is 0 Å². The molecule has 1 aromatic heterocycles. The van der Waals surface area contributed by atoms with Crippen LogP contribution in [-0.4, -0.2) is 66.0 Å². The molecule has 2 aromatic rings. The molecule has 136 valence electrons. The number of hydrogen-bond donors (Lipinski definition) is 5. The van der Waals surface area contributed by atoms with Gasteiger partial charge in [0.1, 0.15) is 18.3 Å². The Labute approximate surface area is 142 Å². The molecule has 0 aliphatic carbocycles. The maximum Gasteiger partial charge on any atom is 0.360 e. The lowest BCUT2D eigenvalue weighted by molar-refractivity contribution is -0.0805. The van der Waals surface area contributed by atoms with Crippen molar-refractivity contribution in [1.29, 1.82) is 0 Å². The summed E-state index contributed by atoms with van der Waals surface area (Å²) in [5.74, 6) is -1.51. The Bertz CT molecular complexity index is 862. The van der Waals surface area contributed by atoms with E-state index in [1.807, 2.05) is 6.92 Å². The standard InChI is InChI=1S/C16H20N2O7/c1-7-3-9-10(4-8(7)2)18(15(23)13(17-9)16(24)25)5-11(20)14(22)12(21)6-19/h3-4,11-12,14,19-22H,5-6H2,1-2H3,(H,24,25). The highest BCUT2D eigenvalue weighted by molar-refractivity contribution is 5.88. The highest BCUT2D eigenvalue weighted by Gasteiger charge is 2.26. The SMILES string of the molecule is Cc1cc2nc(C(=O)O)c(=O)n(CC(O)C(O)C(O)CO)c2cc1C. The third kappa shape index (κ3) is 3.69. The van der Waals surface area contributed by atoms with Crippen LogP contribution in [0.2, 0.25) is 0 Å². The van der Waals surface area contributed by atoms with Crippen molar-refractivity contribution in [3.63, 3.8) is 0 Å².